The van der Waals surface area contributed by atoms with Crippen molar-refractivity contribution in [2.75, 3.05) is 0 Å². The molecule has 0 saturated heterocycles. The molecule has 12 heavy (non-hydrogen) atoms. The van der Waals surface area contributed by atoms with Crippen LogP contribution in [0.3, 0.4) is 0 Å². The van der Waals surface area contributed by atoms with Crippen LogP contribution < -0.4 is 0 Å². The minimum atomic E-state index is 0.755. The molecule has 2 rings (SSSR count). The lowest BCUT2D eigenvalue weighted by molar-refractivity contribution is 0.728. The van der Waals surface area contributed by atoms with Crippen molar-refractivity contribution < 1.29 is 0 Å². The van der Waals surface area contributed by atoms with Gasteiger partial charge in [0, 0.05) is 7.05 Å². The Morgan fingerprint density at radius 3 is 2.67 bits per heavy atom. The van der Waals surface area contributed by atoms with Crippen LogP contribution in [0.5, 0.6) is 0 Å². The molecular weight excluding hydrogens is 154 g/mol. The number of nitrogens with zero attached hydrogens (tertiary/aromatic N) is 5. The first-order valence-corrected chi connectivity index (χ1v) is 3.69. The lowest BCUT2D eigenvalue weighted by atomic mass is 10.4. The van der Waals surface area contributed by atoms with E-state index in [0.29, 0.717) is 0 Å². The first kappa shape index (κ1) is 7.15. The normalized spacial score (nSPS) is 10.9. The Kier molecular flexibility index (Phi) is 1.33. The van der Waals surface area contributed by atoms with Crippen molar-refractivity contribution in [2.24, 2.45) is 7.05 Å². The van der Waals surface area contributed by atoms with Gasteiger partial charge in [-0.25, -0.2) is 14.6 Å². The maximum atomic E-state index is 4.22. The van der Waals surface area contributed by atoms with Gasteiger partial charge in [0.1, 0.15) is 5.82 Å². The average molecular weight is 163 g/mol. The van der Waals surface area contributed by atoms with E-state index in [1.165, 1.54) is 0 Å². The third-order valence-corrected chi connectivity index (χ3v) is 1.74. The zero-order valence-corrected chi connectivity index (χ0v) is 7.24. The summed E-state index contributed by atoms with van der Waals surface area (Å²) >= 11 is 0. The van der Waals surface area contributed by atoms with Crippen molar-refractivity contribution in [1.82, 2.24) is 25.0 Å². The van der Waals surface area contributed by atoms with Crippen LogP contribution in [-0.2, 0) is 7.05 Å². The molecule has 0 aliphatic rings. The van der Waals surface area contributed by atoms with E-state index in [9.17, 15) is 0 Å². The molecule has 0 radical (unpaired) electrons. The van der Waals surface area contributed by atoms with Crippen LogP contribution >= 0.6 is 0 Å². The molecular formula is C7H9N5. The summed E-state index contributed by atoms with van der Waals surface area (Å²) in [7, 11) is 1.82. The molecule has 0 atom stereocenters. The van der Waals surface area contributed by atoms with Crippen LogP contribution in [0.25, 0.3) is 11.2 Å². The van der Waals surface area contributed by atoms with E-state index in [-0.39, 0.29) is 0 Å². The van der Waals surface area contributed by atoms with Gasteiger partial charge in [0.2, 0.25) is 0 Å². The highest BCUT2D eigenvalue weighted by Crippen LogP contribution is 2.09. The predicted molar refractivity (Wildman–Crippen MR) is 43.6 cm³/mol. The molecule has 0 spiro atoms. The van der Waals surface area contributed by atoms with Crippen molar-refractivity contribution in [2.45, 2.75) is 13.8 Å². The fourth-order valence-corrected chi connectivity index (χ4v) is 1.19. The second-order valence-corrected chi connectivity index (χ2v) is 2.74. The van der Waals surface area contributed by atoms with Crippen LogP contribution in [0.2, 0.25) is 0 Å². The van der Waals surface area contributed by atoms with Crippen molar-refractivity contribution in [3.05, 3.63) is 11.5 Å². The van der Waals surface area contributed by atoms with Gasteiger partial charge in [-0.15, -0.1) is 5.10 Å². The summed E-state index contributed by atoms with van der Waals surface area (Å²) < 4.78 is 1.65. The molecule has 2 heterocycles. The molecule has 0 N–H and O–H groups in total. The summed E-state index contributed by atoms with van der Waals surface area (Å²) in [6, 6.07) is 0. The molecule has 5 nitrogen and oxygen atoms in total. The summed E-state index contributed by atoms with van der Waals surface area (Å²) in [5.74, 6) is 0.755. The Hall–Kier alpha value is -1.52. The molecule has 0 saturated carbocycles. The molecule has 62 valence electrons. The SMILES string of the molecule is Cc1nc(C)c2nnn(C)c2n1. The van der Waals surface area contributed by atoms with E-state index in [1.54, 1.807) is 4.68 Å². The fourth-order valence-electron chi connectivity index (χ4n) is 1.19. The van der Waals surface area contributed by atoms with Gasteiger partial charge in [0.15, 0.2) is 11.2 Å². The molecule has 5 heteroatoms. The monoisotopic (exact) mass is 163 g/mol. The largest absolute Gasteiger partial charge is 0.236 e. The highest BCUT2D eigenvalue weighted by atomic mass is 15.4. The molecule has 0 unspecified atom stereocenters. The number of fused-ring (bicyclic) bond motifs is 1. The quantitative estimate of drug-likeness (QED) is 0.563. The van der Waals surface area contributed by atoms with Gasteiger partial charge >= 0.3 is 0 Å². The Morgan fingerprint density at radius 2 is 1.92 bits per heavy atom. The van der Waals surface area contributed by atoms with E-state index in [1.807, 2.05) is 20.9 Å². The summed E-state index contributed by atoms with van der Waals surface area (Å²) in [5, 5.41) is 7.81. The highest BCUT2D eigenvalue weighted by molar-refractivity contribution is 5.71. The smallest absolute Gasteiger partial charge is 0.181 e. The van der Waals surface area contributed by atoms with E-state index >= 15 is 0 Å². The molecule has 2 aromatic heterocycles. The summed E-state index contributed by atoms with van der Waals surface area (Å²) in [6.45, 7) is 3.77. The van der Waals surface area contributed by atoms with Gasteiger partial charge in [-0.2, -0.15) is 0 Å². The van der Waals surface area contributed by atoms with E-state index in [0.717, 1.165) is 22.7 Å². The van der Waals surface area contributed by atoms with Crippen molar-refractivity contribution in [3.8, 4) is 0 Å². The zero-order valence-electron chi connectivity index (χ0n) is 7.24. The third kappa shape index (κ3) is 0.861. The Bertz CT molecular complexity index is 431. The second-order valence-electron chi connectivity index (χ2n) is 2.74. The van der Waals surface area contributed by atoms with Crippen LogP contribution in [-0.4, -0.2) is 25.0 Å². The number of aryl methyl sites for hydroxylation is 3. The molecule has 0 bridgehead atoms. The lowest BCUT2D eigenvalue weighted by Crippen LogP contribution is -1.96. The standard InChI is InChI=1S/C7H9N5/c1-4-6-7(9-5(2)8-4)12(3)11-10-6/h1-3H3. The van der Waals surface area contributed by atoms with Gasteiger partial charge < -0.3 is 0 Å². The van der Waals surface area contributed by atoms with E-state index in [4.69, 9.17) is 0 Å². The van der Waals surface area contributed by atoms with E-state index in [2.05, 4.69) is 20.3 Å². The van der Waals surface area contributed by atoms with Crippen LogP contribution in [0, 0.1) is 13.8 Å². The van der Waals surface area contributed by atoms with Crippen LogP contribution in [0.15, 0.2) is 0 Å². The summed E-state index contributed by atoms with van der Waals surface area (Å²) in [6.07, 6.45) is 0. The summed E-state index contributed by atoms with van der Waals surface area (Å²) in [5.41, 5.74) is 2.45. The van der Waals surface area contributed by atoms with Crippen molar-refractivity contribution in [1.29, 1.82) is 0 Å². The van der Waals surface area contributed by atoms with E-state index < -0.39 is 0 Å². The molecule has 0 aliphatic heterocycles. The molecule has 0 aliphatic carbocycles. The molecule has 0 aromatic carbocycles. The lowest BCUT2D eigenvalue weighted by Gasteiger charge is -1.95. The Labute approximate surface area is 69.4 Å². The van der Waals surface area contributed by atoms with Crippen molar-refractivity contribution >= 4 is 11.2 Å². The maximum absolute atomic E-state index is 4.22. The highest BCUT2D eigenvalue weighted by Gasteiger charge is 2.06. The number of hydrogen-bond donors (Lipinski definition) is 0. The second kappa shape index (κ2) is 2.23. The average Bonchev–Trinajstić information content (AvgIpc) is 2.33. The van der Waals surface area contributed by atoms with Gasteiger partial charge in [0.05, 0.1) is 5.69 Å². The maximum Gasteiger partial charge on any atom is 0.181 e. The minimum Gasteiger partial charge on any atom is -0.236 e. The van der Waals surface area contributed by atoms with Gasteiger partial charge in [-0.3, -0.25) is 0 Å². The molecule has 0 fully saturated rings. The first-order chi connectivity index (χ1) is 5.68. The van der Waals surface area contributed by atoms with Crippen LogP contribution in [0.1, 0.15) is 11.5 Å². The third-order valence-electron chi connectivity index (χ3n) is 1.74. The first-order valence-electron chi connectivity index (χ1n) is 3.69. The number of rotatable bonds is 0. The molecule has 2 aromatic rings. The topological polar surface area (TPSA) is 56.5 Å². The van der Waals surface area contributed by atoms with Gasteiger partial charge in [-0.1, -0.05) is 5.21 Å². The Balaban J connectivity index is 2.92. The summed E-state index contributed by atoms with van der Waals surface area (Å²) in [4.78, 5) is 8.41. The van der Waals surface area contributed by atoms with Crippen LogP contribution in [0.4, 0.5) is 0 Å². The van der Waals surface area contributed by atoms with Gasteiger partial charge in [0.25, 0.3) is 0 Å². The molecule has 0 amide bonds. The van der Waals surface area contributed by atoms with Gasteiger partial charge in [-0.05, 0) is 13.8 Å². The fraction of sp³-hybridized carbons (Fsp3) is 0.429. The van der Waals surface area contributed by atoms with Crippen molar-refractivity contribution in [3.63, 3.8) is 0 Å². The number of hydrogen-bond acceptors (Lipinski definition) is 4. The minimum absolute atomic E-state index is 0.755. The Morgan fingerprint density at radius 1 is 1.17 bits per heavy atom. The zero-order chi connectivity index (χ0) is 8.72. The predicted octanol–water partition coefficient (Wildman–Crippen LogP) is 0.375. The number of aromatic nitrogens is 5.